The highest BCUT2D eigenvalue weighted by Crippen LogP contribution is 2.40. The van der Waals surface area contributed by atoms with E-state index in [-0.39, 0.29) is 17.5 Å². The van der Waals surface area contributed by atoms with Crippen LogP contribution in [0.1, 0.15) is 32.2 Å². The first kappa shape index (κ1) is 16.4. The molecule has 5 nitrogen and oxygen atoms in total. The first-order chi connectivity index (χ1) is 12.6. The lowest BCUT2D eigenvalue weighted by Crippen LogP contribution is -2.23. The van der Waals surface area contributed by atoms with E-state index in [1.165, 1.54) is 0 Å². The number of aromatic nitrogens is 1. The molecule has 0 radical (unpaired) electrons. The number of rotatable bonds is 4. The number of benzene rings is 2. The number of anilines is 2. The molecule has 1 amide bonds. The van der Waals surface area contributed by atoms with Gasteiger partial charge in [0.25, 0.3) is 5.56 Å². The third-order valence-electron chi connectivity index (χ3n) is 4.83. The van der Waals surface area contributed by atoms with Gasteiger partial charge in [-0.2, -0.15) is 0 Å². The minimum Gasteiger partial charge on any atom is -0.384 e. The van der Waals surface area contributed by atoms with Gasteiger partial charge in [-0.05, 0) is 35.9 Å². The fourth-order valence-electron chi connectivity index (χ4n) is 3.37. The Balaban J connectivity index is 2.00. The number of nitrogen functional groups attached to an aromatic ring is 1. The van der Waals surface area contributed by atoms with Crippen LogP contribution in [0.15, 0.2) is 53.3 Å². The number of nitrogens with two attached hydrogens (primary N) is 1. The van der Waals surface area contributed by atoms with Crippen molar-refractivity contribution in [3.05, 3.63) is 58.9 Å². The molecule has 0 bridgehead atoms. The fourth-order valence-corrected chi connectivity index (χ4v) is 3.37. The Labute approximate surface area is 151 Å². The number of nitrogens with zero attached hydrogens (tertiary/aromatic N) is 1. The standard InChI is InChI=1S/C21H21N3O2/c1-2-18(25)23-14-8-11-16-17(12-14)21(26)24(15-9-10-15)20(22)19(16)13-6-4-3-5-7-13/h3-8,11-12,15H,2,9-10,22H2,1H3,(H,23,25). The number of hydrogen-bond donors (Lipinski definition) is 2. The van der Waals surface area contributed by atoms with Crippen LogP contribution in [-0.4, -0.2) is 10.5 Å². The predicted molar refractivity (Wildman–Crippen MR) is 105 cm³/mol. The van der Waals surface area contributed by atoms with E-state index in [1.807, 2.05) is 42.5 Å². The van der Waals surface area contributed by atoms with Crippen molar-refractivity contribution < 1.29 is 4.79 Å². The van der Waals surface area contributed by atoms with Crippen LogP contribution in [-0.2, 0) is 4.79 Å². The lowest BCUT2D eigenvalue weighted by atomic mass is 9.98. The van der Waals surface area contributed by atoms with Crippen molar-refractivity contribution >= 4 is 28.2 Å². The molecule has 0 atom stereocenters. The number of fused-ring (bicyclic) bond motifs is 1. The molecule has 132 valence electrons. The summed E-state index contributed by atoms with van der Waals surface area (Å²) in [5.41, 5.74) is 8.85. The van der Waals surface area contributed by atoms with Crippen molar-refractivity contribution in [3.8, 4) is 11.1 Å². The number of carbonyl (C=O) groups is 1. The van der Waals surface area contributed by atoms with E-state index in [0.717, 1.165) is 29.4 Å². The molecule has 1 saturated carbocycles. The quantitative estimate of drug-likeness (QED) is 0.750. The first-order valence-corrected chi connectivity index (χ1v) is 8.93. The van der Waals surface area contributed by atoms with E-state index < -0.39 is 0 Å². The zero-order valence-electron chi connectivity index (χ0n) is 14.7. The van der Waals surface area contributed by atoms with Crippen LogP contribution in [0.3, 0.4) is 0 Å². The van der Waals surface area contributed by atoms with Gasteiger partial charge in [0.15, 0.2) is 0 Å². The Morgan fingerprint density at radius 1 is 1.15 bits per heavy atom. The van der Waals surface area contributed by atoms with Gasteiger partial charge in [-0.3, -0.25) is 14.2 Å². The molecule has 0 saturated heterocycles. The molecular formula is C21H21N3O2. The van der Waals surface area contributed by atoms with Gasteiger partial charge in [-0.1, -0.05) is 43.3 Å². The Hall–Kier alpha value is -3.08. The molecule has 0 spiro atoms. The van der Waals surface area contributed by atoms with Crippen molar-refractivity contribution in [1.29, 1.82) is 0 Å². The van der Waals surface area contributed by atoms with Gasteiger partial charge < -0.3 is 11.1 Å². The Morgan fingerprint density at radius 2 is 1.88 bits per heavy atom. The summed E-state index contributed by atoms with van der Waals surface area (Å²) in [6, 6.07) is 15.5. The first-order valence-electron chi connectivity index (χ1n) is 8.93. The molecule has 4 rings (SSSR count). The summed E-state index contributed by atoms with van der Waals surface area (Å²) in [6.45, 7) is 1.80. The second kappa shape index (κ2) is 6.33. The van der Waals surface area contributed by atoms with E-state index in [9.17, 15) is 9.59 Å². The number of nitrogens with one attached hydrogen (secondary N) is 1. The van der Waals surface area contributed by atoms with Crippen LogP contribution < -0.4 is 16.6 Å². The Kier molecular flexibility index (Phi) is 3.99. The lowest BCUT2D eigenvalue weighted by molar-refractivity contribution is -0.115. The molecule has 1 fully saturated rings. The van der Waals surface area contributed by atoms with Gasteiger partial charge in [0.1, 0.15) is 5.82 Å². The minimum atomic E-state index is -0.0905. The molecule has 1 aromatic heterocycles. The van der Waals surface area contributed by atoms with Crippen molar-refractivity contribution in [3.63, 3.8) is 0 Å². The molecule has 1 aliphatic rings. The number of pyridine rings is 1. The maximum Gasteiger partial charge on any atom is 0.260 e. The van der Waals surface area contributed by atoms with Crippen molar-refractivity contribution in [2.75, 3.05) is 11.1 Å². The van der Waals surface area contributed by atoms with Crippen molar-refractivity contribution in [2.24, 2.45) is 0 Å². The van der Waals surface area contributed by atoms with E-state index in [2.05, 4.69) is 5.32 Å². The minimum absolute atomic E-state index is 0.0782. The highest BCUT2D eigenvalue weighted by Gasteiger charge is 2.29. The van der Waals surface area contributed by atoms with Crippen LogP contribution in [0, 0.1) is 0 Å². The molecule has 3 aromatic rings. The van der Waals surface area contributed by atoms with E-state index in [1.54, 1.807) is 17.6 Å². The third-order valence-corrected chi connectivity index (χ3v) is 4.83. The predicted octanol–water partition coefficient (Wildman–Crippen LogP) is 3.93. The molecule has 0 aliphatic heterocycles. The monoisotopic (exact) mass is 347 g/mol. The number of hydrogen-bond acceptors (Lipinski definition) is 3. The van der Waals surface area contributed by atoms with Crippen LogP contribution in [0.5, 0.6) is 0 Å². The molecule has 1 aliphatic carbocycles. The van der Waals surface area contributed by atoms with E-state index in [0.29, 0.717) is 23.3 Å². The van der Waals surface area contributed by atoms with Crippen LogP contribution >= 0.6 is 0 Å². The Morgan fingerprint density at radius 3 is 2.54 bits per heavy atom. The van der Waals surface area contributed by atoms with Crippen LogP contribution in [0.25, 0.3) is 21.9 Å². The van der Waals surface area contributed by atoms with Crippen molar-refractivity contribution in [2.45, 2.75) is 32.2 Å². The summed E-state index contributed by atoms with van der Waals surface area (Å²) in [5.74, 6) is 0.437. The summed E-state index contributed by atoms with van der Waals surface area (Å²) < 4.78 is 1.72. The summed E-state index contributed by atoms with van der Waals surface area (Å²) in [4.78, 5) is 24.8. The second-order valence-electron chi connectivity index (χ2n) is 6.69. The van der Waals surface area contributed by atoms with Gasteiger partial charge >= 0.3 is 0 Å². The highest BCUT2D eigenvalue weighted by atomic mass is 16.1. The van der Waals surface area contributed by atoms with Gasteiger partial charge in [-0.25, -0.2) is 0 Å². The fraction of sp³-hybridized carbons (Fsp3) is 0.238. The second-order valence-corrected chi connectivity index (χ2v) is 6.69. The summed E-state index contributed by atoms with van der Waals surface area (Å²) in [6.07, 6.45) is 2.33. The summed E-state index contributed by atoms with van der Waals surface area (Å²) in [7, 11) is 0. The lowest BCUT2D eigenvalue weighted by Gasteiger charge is -2.17. The summed E-state index contributed by atoms with van der Waals surface area (Å²) in [5, 5.41) is 4.22. The third kappa shape index (κ3) is 2.75. The largest absolute Gasteiger partial charge is 0.384 e. The maximum atomic E-state index is 13.1. The Bertz CT molecular complexity index is 1050. The van der Waals surface area contributed by atoms with Gasteiger partial charge in [0, 0.05) is 23.7 Å². The van der Waals surface area contributed by atoms with E-state index in [4.69, 9.17) is 5.73 Å². The average Bonchev–Trinajstić information content (AvgIpc) is 3.48. The maximum absolute atomic E-state index is 13.1. The van der Waals surface area contributed by atoms with Gasteiger partial charge in [0.05, 0.1) is 5.39 Å². The molecular weight excluding hydrogens is 326 g/mol. The summed E-state index contributed by atoms with van der Waals surface area (Å²) >= 11 is 0. The van der Waals surface area contributed by atoms with Crippen LogP contribution in [0.2, 0.25) is 0 Å². The van der Waals surface area contributed by atoms with Gasteiger partial charge in [-0.15, -0.1) is 0 Å². The normalized spacial score (nSPS) is 13.7. The topological polar surface area (TPSA) is 77.1 Å². The van der Waals surface area contributed by atoms with E-state index >= 15 is 0 Å². The molecule has 3 N–H and O–H groups in total. The van der Waals surface area contributed by atoms with Gasteiger partial charge in [0.2, 0.25) is 5.91 Å². The zero-order chi connectivity index (χ0) is 18.3. The molecule has 1 heterocycles. The number of carbonyl (C=O) groups excluding carboxylic acids is 1. The van der Waals surface area contributed by atoms with Crippen LogP contribution in [0.4, 0.5) is 11.5 Å². The smallest absolute Gasteiger partial charge is 0.260 e. The molecule has 5 heteroatoms. The zero-order valence-corrected chi connectivity index (χ0v) is 14.7. The molecule has 0 unspecified atom stereocenters. The highest BCUT2D eigenvalue weighted by molar-refractivity contribution is 6.03. The molecule has 26 heavy (non-hydrogen) atoms. The average molecular weight is 347 g/mol. The SMILES string of the molecule is CCC(=O)Nc1ccc2c(-c3ccccc3)c(N)n(C3CC3)c(=O)c2c1. The number of amides is 1. The van der Waals surface area contributed by atoms with Crippen molar-refractivity contribution in [1.82, 2.24) is 4.57 Å². The molecule has 2 aromatic carbocycles.